The fourth-order valence-corrected chi connectivity index (χ4v) is 2.42. The largest absolute Gasteiger partial charge is 0.490 e. The van der Waals surface area contributed by atoms with Crippen molar-refractivity contribution in [3.05, 3.63) is 29.3 Å². The van der Waals surface area contributed by atoms with Crippen molar-refractivity contribution < 1.29 is 4.74 Å². The number of alkyl halides is 1. The number of aryl methyl sites for hydroxylation is 1. The highest BCUT2D eigenvalue weighted by Crippen LogP contribution is 2.26. The lowest BCUT2D eigenvalue weighted by Gasteiger charge is -2.23. The predicted molar refractivity (Wildman–Crippen MR) is 76.3 cm³/mol. The van der Waals surface area contributed by atoms with Crippen molar-refractivity contribution in [1.82, 2.24) is 0 Å². The Morgan fingerprint density at radius 2 is 2.06 bits per heavy atom. The van der Waals surface area contributed by atoms with Gasteiger partial charge in [0.2, 0.25) is 0 Å². The minimum Gasteiger partial charge on any atom is -0.490 e. The first kappa shape index (κ1) is 13.3. The van der Waals surface area contributed by atoms with Crippen molar-refractivity contribution in [2.45, 2.75) is 45.1 Å². The number of ether oxygens (including phenoxy) is 1. The fraction of sp³-hybridized carbons (Fsp3) is 0.500. The fourth-order valence-electron chi connectivity index (χ4n) is 2.36. The average molecular weight is 263 g/mol. The van der Waals surface area contributed by atoms with Crippen molar-refractivity contribution in [2.24, 2.45) is 0 Å². The molecule has 1 aliphatic carbocycles. The van der Waals surface area contributed by atoms with Crippen LogP contribution in [0.4, 0.5) is 0 Å². The van der Waals surface area contributed by atoms with E-state index in [2.05, 4.69) is 24.8 Å². The number of hydrogen-bond donors (Lipinski definition) is 0. The summed E-state index contributed by atoms with van der Waals surface area (Å²) in [6.45, 7) is 2.07. The monoisotopic (exact) mass is 262 g/mol. The molecular weight excluding hydrogens is 244 g/mol. The minimum absolute atomic E-state index is 0.374. The van der Waals surface area contributed by atoms with Gasteiger partial charge in [0.1, 0.15) is 5.75 Å². The zero-order valence-electron chi connectivity index (χ0n) is 10.8. The van der Waals surface area contributed by atoms with Crippen molar-refractivity contribution in [3.8, 4) is 17.6 Å². The van der Waals surface area contributed by atoms with Gasteiger partial charge in [-0.3, -0.25) is 0 Å². The standard InChI is InChI=1S/C16H19ClO/c1-13-12-14(6-5-11-17)9-10-16(13)18-15-7-3-2-4-8-15/h9-10,12,15H,2-4,7-8,11H2,1H3. The summed E-state index contributed by atoms with van der Waals surface area (Å²) in [6.07, 6.45) is 6.72. The molecule has 1 fully saturated rings. The second-order valence-electron chi connectivity index (χ2n) is 4.79. The summed E-state index contributed by atoms with van der Waals surface area (Å²) in [5.41, 5.74) is 2.16. The van der Waals surface area contributed by atoms with E-state index in [1.54, 1.807) is 0 Å². The van der Waals surface area contributed by atoms with E-state index in [0.29, 0.717) is 12.0 Å². The molecule has 96 valence electrons. The maximum atomic E-state index is 6.07. The smallest absolute Gasteiger partial charge is 0.122 e. The van der Waals surface area contributed by atoms with E-state index < -0.39 is 0 Å². The zero-order valence-corrected chi connectivity index (χ0v) is 11.6. The van der Waals surface area contributed by atoms with Crippen LogP contribution in [0.3, 0.4) is 0 Å². The Kier molecular flexibility index (Phi) is 4.96. The average Bonchev–Trinajstić information content (AvgIpc) is 2.40. The van der Waals surface area contributed by atoms with Crippen LogP contribution in [0.1, 0.15) is 43.2 Å². The second kappa shape index (κ2) is 6.71. The van der Waals surface area contributed by atoms with E-state index >= 15 is 0 Å². The first-order valence-electron chi connectivity index (χ1n) is 6.62. The van der Waals surface area contributed by atoms with E-state index in [-0.39, 0.29) is 0 Å². The molecule has 2 heteroatoms. The molecule has 0 heterocycles. The van der Waals surface area contributed by atoms with Gasteiger partial charge in [-0.05, 0) is 56.4 Å². The normalized spacial score (nSPS) is 15.9. The van der Waals surface area contributed by atoms with Gasteiger partial charge in [0.25, 0.3) is 0 Å². The van der Waals surface area contributed by atoms with Crippen LogP contribution in [0.5, 0.6) is 5.75 Å². The Morgan fingerprint density at radius 3 is 2.72 bits per heavy atom. The summed E-state index contributed by atoms with van der Waals surface area (Å²) < 4.78 is 6.07. The molecule has 0 saturated heterocycles. The topological polar surface area (TPSA) is 9.23 Å². The van der Waals surface area contributed by atoms with Gasteiger partial charge in [0.05, 0.1) is 12.0 Å². The van der Waals surface area contributed by atoms with Gasteiger partial charge in [0, 0.05) is 5.56 Å². The first-order valence-corrected chi connectivity index (χ1v) is 7.15. The third kappa shape index (κ3) is 3.68. The third-order valence-corrected chi connectivity index (χ3v) is 3.45. The third-order valence-electron chi connectivity index (χ3n) is 3.32. The van der Waals surface area contributed by atoms with Crippen LogP contribution in [0.2, 0.25) is 0 Å². The summed E-state index contributed by atoms with van der Waals surface area (Å²) in [6, 6.07) is 6.10. The molecule has 0 atom stereocenters. The molecule has 0 amide bonds. The molecule has 0 spiro atoms. The van der Waals surface area contributed by atoms with Crippen LogP contribution in [-0.2, 0) is 0 Å². The Morgan fingerprint density at radius 1 is 1.28 bits per heavy atom. The maximum absolute atomic E-state index is 6.07. The van der Waals surface area contributed by atoms with Gasteiger partial charge in [-0.1, -0.05) is 18.3 Å². The highest BCUT2D eigenvalue weighted by molar-refractivity contribution is 6.19. The molecule has 1 aromatic rings. The molecule has 0 unspecified atom stereocenters. The lowest BCUT2D eigenvalue weighted by Crippen LogP contribution is -2.19. The highest BCUT2D eigenvalue weighted by Gasteiger charge is 2.15. The lowest BCUT2D eigenvalue weighted by molar-refractivity contribution is 0.154. The summed E-state index contributed by atoms with van der Waals surface area (Å²) in [5, 5.41) is 0. The highest BCUT2D eigenvalue weighted by atomic mass is 35.5. The first-order chi connectivity index (χ1) is 8.79. The molecular formula is C16H19ClO. The van der Waals surface area contributed by atoms with Gasteiger partial charge in [-0.15, -0.1) is 11.6 Å². The van der Waals surface area contributed by atoms with E-state index in [0.717, 1.165) is 16.9 Å². The number of halogens is 1. The molecule has 18 heavy (non-hydrogen) atoms. The molecule has 0 bridgehead atoms. The van der Waals surface area contributed by atoms with Crippen molar-refractivity contribution in [2.75, 3.05) is 5.88 Å². The van der Waals surface area contributed by atoms with Crippen LogP contribution >= 0.6 is 11.6 Å². The lowest BCUT2D eigenvalue weighted by atomic mass is 9.97. The number of hydrogen-bond acceptors (Lipinski definition) is 1. The molecule has 1 aliphatic rings. The molecule has 0 aliphatic heterocycles. The van der Waals surface area contributed by atoms with Crippen molar-refractivity contribution >= 4 is 11.6 Å². The van der Waals surface area contributed by atoms with Gasteiger partial charge in [0.15, 0.2) is 0 Å². The molecule has 0 N–H and O–H groups in total. The van der Waals surface area contributed by atoms with Crippen LogP contribution in [-0.4, -0.2) is 12.0 Å². The quantitative estimate of drug-likeness (QED) is 0.570. The van der Waals surface area contributed by atoms with Crippen LogP contribution in [0, 0.1) is 18.8 Å². The van der Waals surface area contributed by atoms with Gasteiger partial charge in [-0.2, -0.15) is 0 Å². The predicted octanol–water partition coefficient (Wildman–Crippen LogP) is 4.30. The molecule has 0 aromatic heterocycles. The molecule has 0 radical (unpaired) electrons. The number of benzene rings is 1. The SMILES string of the molecule is Cc1cc(C#CCCl)ccc1OC1CCCCC1. The summed E-state index contributed by atoms with van der Waals surface area (Å²) in [5.74, 6) is 7.27. The van der Waals surface area contributed by atoms with Crippen LogP contribution < -0.4 is 4.74 Å². The molecule has 1 saturated carbocycles. The molecule has 2 rings (SSSR count). The van der Waals surface area contributed by atoms with Crippen molar-refractivity contribution in [3.63, 3.8) is 0 Å². The summed E-state index contributed by atoms with van der Waals surface area (Å²) in [4.78, 5) is 0. The van der Waals surface area contributed by atoms with Crippen LogP contribution in [0.25, 0.3) is 0 Å². The number of rotatable bonds is 2. The van der Waals surface area contributed by atoms with E-state index in [4.69, 9.17) is 16.3 Å². The van der Waals surface area contributed by atoms with E-state index in [1.807, 2.05) is 12.1 Å². The van der Waals surface area contributed by atoms with E-state index in [1.165, 1.54) is 32.1 Å². The molecule has 1 aromatic carbocycles. The second-order valence-corrected chi connectivity index (χ2v) is 5.06. The van der Waals surface area contributed by atoms with Gasteiger partial charge < -0.3 is 4.74 Å². The Bertz CT molecular complexity index is 450. The van der Waals surface area contributed by atoms with Crippen LogP contribution in [0.15, 0.2) is 18.2 Å². The minimum atomic E-state index is 0.374. The Labute approximate surface area is 114 Å². The zero-order chi connectivity index (χ0) is 12.8. The molecule has 1 nitrogen and oxygen atoms in total. The summed E-state index contributed by atoms with van der Waals surface area (Å²) in [7, 11) is 0. The maximum Gasteiger partial charge on any atom is 0.122 e. The van der Waals surface area contributed by atoms with E-state index in [9.17, 15) is 0 Å². The Hall–Kier alpha value is -1.13. The van der Waals surface area contributed by atoms with Gasteiger partial charge >= 0.3 is 0 Å². The Balaban J connectivity index is 2.04. The van der Waals surface area contributed by atoms with Gasteiger partial charge in [-0.25, -0.2) is 0 Å². The summed E-state index contributed by atoms with van der Waals surface area (Å²) >= 11 is 5.55. The van der Waals surface area contributed by atoms with Crippen molar-refractivity contribution in [1.29, 1.82) is 0 Å².